The van der Waals surface area contributed by atoms with Gasteiger partial charge < -0.3 is 0 Å². The van der Waals surface area contributed by atoms with Crippen LogP contribution < -0.4 is 0 Å². The van der Waals surface area contributed by atoms with Crippen molar-refractivity contribution in [1.82, 2.24) is 4.90 Å². The third kappa shape index (κ3) is 2.06. The molecule has 0 aliphatic carbocycles. The third-order valence-electron chi connectivity index (χ3n) is 4.66. The summed E-state index contributed by atoms with van der Waals surface area (Å²) in [5, 5.41) is 0. The number of rotatable bonds is 4. The van der Waals surface area contributed by atoms with Crippen LogP contribution in [0.15, 0.2) is 30.9 Å². The summed E-state index contributed by atoms with van der Waals surface area (Å²) in [6.45, 7) is 6.45. The fourth-order valence-corrected chi connectivity index (χ4v) is 3.82. The highest BCUT2D eigenvalue weighted by molar-refractivity contribution is 5.20. The molecule has 1 aromatic carbocycles. The Kier molecular flexibility index (Phi) is 3.39. The Hall–Kier alpha value is -1.26. The molecule has 3 aliphatic heterocycles. The number of hydrogen-bond acceptors (Lipinski definition) is 1. The molecule has 0 spiro atoms. The van der Waals surface area contributed by atoms with Crippen LogP contribution in [-0.4, -0.2) is 24.0 Å². The van der Waals surface area contributed by atoms with Gasteiger partial charge in [-0.05, 0) is 56.8 Å². The van der Waals surface area contributed by atoms with Gasteiger partial charge in [-0.3, -0.25) is 4.90 Å². The quantitative estimate of drug-likeness (QED) is 0.728. The van der Waals surface area contributed by atoms with Gasteiger partial charge in [0.25, 0.3) is 0 Å². The first-order valence-electron chi connectivity index (χ1n) is 7.13. The van der Waals surface area contributed by atoms with Gasteiger partial charge in [-0.25, -0.2) is 0 Å². The Balaban J connectivity index is 1.86. The first-order chi connectivity index (χ1) is 8.90. The van der Waals surface area contributed by atoms with Crippen LogP contribution >= 0.6 is 0 Å². The van der Waals surface area contributed by atoms with Gasteiger partial charge in [-0.1, -0.05) is 24.3 Å². The first kappa shape index (κ1) is 11.8. The fraction of sp³-hybridized carbons (Fsp3) is 0.529. The largest absolute Gasteiger partial charge is 0.300 e. The van der Waals surface area contributed by atoms with E-state index in [9.17, 15) is 0 Å². The molecule has 3 saturated heterocycles. The predicted octanol–water partition coefficient (Wildman–Crippen LogP) is 3.43. The highest BCUT2D eigenvalue weighted by Crippen LogP contribution is 2.44. The van der Waals surface area contributed by atoms with Gasteiger partial charge in [0.1, 0.15) is 0 Å². The summed E-state index contributed by atoms with van der Waals surface area (Å²) in [7, 11) is 0. The van der Waals surface area contributed by atoms with Crippen LogP contribution in [0, 0.1) is 18.1 Å². The monoisotopic (exact) mass is 239 g/mol. The Morgan fingerprint density at radius 3 is 2.89 bits per heavy atom. The zero-order valence-corrected chi connectivity index (χ0v) is 10.9. The zero-order valence-electron chi connectivity index (χ0n) is 10.9. The lowest BCUT2D eigenvalue weighted by atomic mass is 9.70. The Bertz CT molecular complexity index is 389. The highest BCUT2D eigenvalue weighted by atomic mass is 15.2. The van der Waals surface area contributed by atoms with Crippen molar-refractivity contribution >= 4 is 0 Å². The van der Waals surface area contributed by atoms with Crippen LogP contribution in [0.2, 0.25) is 0 Å². The number of hydrogen-bond donors (Lipinski definition) is 0. The van der Waals surface area contributed by atoms with E-state index >= 15 is 0 Å². The predicted molar refractivity (Wildman–Crippen MR) is 74.4 cm³/mol. The second-order valence-corrected chi connectivity index (χ2v) is 5.58. The van der Waals surface area contributed by atoms with Crippen molar-refractivity contribution in [2.75, 3.05) is 13.1 Å². The summed E-state index contributed by atoms with van der Waals surface area (Å²) in [5.74, 6) is 1.53. The molecule has 3 aliphatic rings. The van der Waals surface area contributed by atoms with Crippen molar-refractivity contribution in [1.29, 1.82) is 0 Å². The SMILES string of the molecule is C=CCCC1C(c2c#cccc2)C2CCN1CC2. The summed E-state index contributed by atoms with van der Waals surface area (Å²) in [6, 6.07) is 13.5. The maximum absolute atomic E-state index is 3.87. The van der Waals surface area contributed by atoms with Gasteiger partial charge in [0.05, 0.1) is 0 Å². The van der Waals surface area contributed by atoms with Crippen LogP contribution in [0.4, 0.5) is 0 Å². The summed E-state index contributed by atoms with van der Waals surface area (Å²) in [4.78, 5) is 2.69. The molecule has 0 saturated carbocycles. The second-order valence-electron chi connectivity index (χ2n) is 5.58. The molecule has 1 heteroatoms. The average Bonchev–Trinajstić information content (AvgIpc) is 2.46. The van der Waals surface area contributed by atoms with Crippen LogP contribution in [0.1, 0.15) is 37.2 Å². The molecule has 4 rings (SSSR count). The van der Waals surface area contributed by atoms with Crippen molar-refractivity contribution in [2.24, 2.45) is 5.92 Å². The Morgan fingerprint density at radius 2 is 2.22 bits per heavy atom. The normalized spacial score (nSPS) is 34.0. The summed E-state index contributed by atoms with van der Waals surface area (Å²) >= 11 is 0. The van der Waals surface area contributed by atoms with Crippen molar-refractivity contribution < 1.29 is 0 Å². The molecule has 1 aromatic rings. The van der Waals surface area contributed by atoms with Crippen LogP contribution in [0.3, 0.4) is 0 Å². The lowest BCUT2D eigenvalue weighted by molar-refractivity contribution is 0.0217. The number of nitrogens with zero attached hydrogens (tertiary/aromatic N) is 1. The molecule has 0 amide bonds. The first-order valence-corrected chi connectivity index (χ1v) is 7.13. The highest BCUT2D eigenvalue weighted by Gasteiger charge is 2.42. The maximum Gasteiger partial charge on any atom is 0.0176 e. The Morgan fingerprint density at radius 1 is 1.39 bits per heavy atom. The molecule has 2 unspecified atom stereocenters. The minimum Gasteiger partial charge on any atom is -0.300 e. The van der Waals surface area contributed by atoms with E-state index < -0.39 is 0 Å². The molecular formula is C17H21N. The maximum atomic E-state index is 3.87. The van der Waals surface area contributed by atoms with E-state index in [1.807, 2.05) is 6.07 Å². The van der Waals surface area contributed by atoms with Crippen molar-refractivity contribution in [3.63, 3.8) is 0 Å². The minimum absolute atomic E-state index is 0.671. The number of piperidine rings is 3. The van der Waals surface area contributed by atoms with E-state index in [1.54, 1.807) is 0 Å². The van der Waals surface area contributed by atoms with Crippen LogP contribution in [0.25, 0.3) is 0 Å². The molecule has 0 N–H and O–H groups in total. The van der Waals surface area contributed by atoms with Crippen molar-refractivity contribution in [2.45, 2.75) is 37.6 Å². The van der Waals surface area contributed by atoms with Crippen LogP contribution in [0.5, 0.6) is 0 Å². The van der Waals surface area contributed by atoms with Gasteiger partial charge in [-0.2, -0.15) is 0 Å². The van der Waals surface area contributed by atoms with Crippen LogP contribution in [-0.2, 0) is 0 Å². The molecule has 0 aromatic heterocycles. The molecule has 94 valence electrons. The molecule has 2 bridgehead atoms. The number of allylic oxidation sites excluding steroid dienone is 1. The van der Waals surface area contributed by atoms with Gasteiger partial charge in [0.15, 0.2) is 0 Å². The molecule has 0 radical (unpaired) electrons. The van der Waals surface area contributed by atoms with Gasteiger partial charge >= 0.3 is 0 Å². The van der Waals surface area contributed by atoms with E-state index in [4.69, 9.17) is 0 Å². The van der Waals surface area contributed by atoms with E-state index in [-0.39, 0.29) is 0 Å². The topological polar surface area (TPSA) is 3.24 Å². The van der Waals surface area contributed by atoms with E-state index in [0.717, 1.165) is 12.3 Å². The third-order valence-corrected chi connectivity index (χ3v) is 4.66. The van der Waals surface area contributed by atoms with E-state index in [1.165, 1.54) is 37.9 Å². The van der Waals surface area contributed by atoms with Crippen molar-refractivity contribution in [3.05, 3.63) is 48.6 Å². The summed E-state index contributed by atoms with van der Waals surface area (Å²) < 4.78 is 0. The van der Waals surface area contributed by atoms with Gasteiger partial charge in [0.2, 0.25) is 0 Å². The lowest BCUT2D eigenvalue weighted by Crippen LogP contribution is -2.53. The molecule has 3 fully saturated rings. The summed E-state index contributed by atoms with van der Waals surface area (Å²) in [6.07, 6.45) is 7.14. The van der Waals surface area contributed by atoms with E-state index in [0.29, 0.717) is 12.0 Å². The second kappa shape index (κ2) is 5.16. The van der Waals surface area contributed by atoms with Gasteiger partial charge in [-0.15, -0.1) is 6.58 Å². The molecule has 18 heavy (non-hydrogen) atoms. The minimum atomic E-state index is 0.671. The fourth-order valence-electron chi connectivity index (χ4n) is 3.82. The van der Waals surface area contributed by atoms with Gasteiger partial charge in [0, 0.05) is 17.5 Å². The van der Waals surface area contributed by atoms with E-state index in [2.05, 4.69) is 41.8 Å². The molecule has 2 atom stereocenters. The average molecular weight is 239 g/mol. The molecular weight excluding hydrogens is 218 g/mol. The van der Waals surface area contributed by atoms with Crippen molar-refractivity contribution in [3.8, 4) is 0 Å². The smallest absolute Gasteiger partial charge is 0.0176 e. The lowest BCUT2D eigenvalue weighted by Gasteiger charge is -2.51. The molecule has 3 heterocycles. The zero-order chi connectivity index (χ0) is 12.4. The Labute approximate surface area is 111 Å². The summed E-state index contributed by atoms with van der Waals surface area (Å²) in [5.41, 5.74) is 1.38. The number of fused-ring (bicyclic) bond motifs is 3. The molecule has 1 nitrogen and oxygen atoms in total. The standard InChI is InChI=1S/C17H21N/c1-2-3-9-16-17(14-7-5-4-6-8-14)15-10-12-18(16)13-11-15/h2,4-5,7,15-17H,1,3,9-13H2.